The third kappa shape index (κ3) is 3.97. The Morgan fingerprint density at radius 2 is 2.25 bits per heavy atom. The van der Waals surface area contributed by atoms with Gasteiger partial charge in [0.25, 0.3) is 0 Å². The van der Waals surface area contributed by atoms with Crippen LogP contribution in [0.15, 0.2) is 24.3 Å². The van der Waals surface area contributed by atoms with Crippen LogP contribution in [0.1, 0.15) is 44.7 Å². The summed E-state index contributed by atoms with van der Waals surface area (Å²) in [5.74, 6) is 0.407. The number of carbonyl (C=O) groups is 1. The summed E-state index contributed by atoms with van der Waals surface area (Å²) in [6.45, 7) is 5.43. The maximum absolute atomic E-state index is 12.3. The number of hydrogen-bond donors (Lipinski definition) is 2. The highest BCUT2D eigenvalue weighted by molar-refractivity contribution is 5.76. The largest absolute Gasteiger partial charge is 0.508 e. The van der Waals surface area contributed by atoms with Gasteiger partial charge in [-0.05, 0) is 44.4 Å². The Kier molecular flexibility index (Phi) is 5.01. The lowest BCUT2D eigenvalue weighted by molar-refractivity contribution is -0.133. The number of benzene rings is 1. The van der Waals surface area contributed by atoms with Crippen molar-refractivity contribution in [3.05, 3.63) is 29.8 Å². The third-order valence-electron chi connectivity index (χ3n) is 3.83. The van der Waals surface area contributed by atoms with E-state index in [0.29, 0.717) is 19.0 Å². The molecule has 1 fully saturated rings. The Balaban J connectivity index is 1.92. The van der Waals surface area contributed by atoms with Crippen LogP contribution in [-0.4, -0.2) is 35.0 Å². The smallest absolute Gasteiger partial charge is 0.224 e. The molecule has 0 aliphatic heterocycles. The van der Waals surface area contributed by atoms with Crippen LogP contribution in [0, 0.1) is 0 Å². The molecule has 4 heteroatoms. The maximum atomic E-state index is 12.3. The molecule has 110 valence electrons. The minimum Gasteiger partial charge on any atom is -0.508 e. The zero-order valence-electron chi connectivity index (χ0n) is 12.3. The number of phenolic OH excluding ortho intramolecular Hbond substituents is 1. The molecule has 1 aliphatic carbocycles. The first-order valence-electron chi connectivity index (χ1n) is 7.43. The number of hydrogen-bond acceptors (Lipinski definition) is 3. The topological polar surface area (TPSA) is 52.6 Å². The van der Waals surface area contributed by atoms with E-state index < -0.39 is 0 Å². The lowest BCUT2D eigenvalue weighted by Crippen LogP contribution is -2.35. The molecule has 0 spiro atoms. The summed E-state index contributed by atoms with van der Waals surface area (Å²) in [6.07, 6.45) is 3.02. The Labute approximate surface area is 120 Å². The van der Waals surface area contributed by atoms with E-state index in [-0.39, 0.29) is 17.7 Å². The summed E-state index contributed by atoms with van der Waals surface area (Å²) in [5.41, 5.74) is 0.968. The number of nitrogens with zero attached hydrogens (tertiary/aromatic N) is 1. The molecule has 4 nitrogen and oxygen atoms in total. The predicted molar refractivity (Wildman–Crippen MR) is 79.6 cm³/mol. The van der Waals surface area contributed by atoms with Gasteiger partial charge in [0.2, 0.25) is 5.91 Å². The molecule has 1 amide bonds. The Morgan fingerprint density at radius 3 is 2.85 bits per heavy atom. The van der Waals surface area contributed by atoms with Crippen molar-refractivity contribution in [2.75, 3.05) is 13.1 Å². The number of phenols is 1. The highest BCUT2D eigenvalue weighted by Crippen LogP contribution is 2.24. The van der Waals surface area contributed by atoms with E-state index in [0.717, 1.165) is 12.1 Å². The van der Waals surface area contributed by atoms with Crippen LogP contribution in [0.4, 0.5) is 0 Å². The molecule has 0 bridgehead atoms. The van der Waals surface area contributed by atoms with Crippen LogP contribution >= 0.6 is 0 Å². The van der Waals surface area contributed by atoms with Crippen molar-refractivity contribution in [3.63, 3.8) is 0 Å². The molecule has 1 saturated carbocycles. The second-order valence-corrected chi connectivity index (χ2v) is 5.43. The molecule has 1 atom stereocenters. The monoisotopic (exact) mass is 276 g/mol. The first-order chi connectivity index (χ1) is 9.61. The first kappa shape index (κ1) is 14.9. The molecule has 0 aromatic heterocycles. The normalized spacial score (nSPS) is 15.9. The molecule has 1 aromatic carbocycles. The van der Waals surface area contributed by atoms with Gasteiger partial charge in [0, 0.05) is 25.6 Å². The number of nitrogens with one attached hydrogen (secondary N) is 1. The summed E-state index contributed by atoms with van der Waals surface area (Å²) in [5, 5.41) is 12.9. The van der Waals surface area contributed by atoms with Crippen molar-refractivity contribution in [3.8, 4) is 5.75 Å². The van der Waals surface area contributed by atoms with Crippen molar-refractivity contribution in [2.45, 2.75) is 45.2 Å². The second kappa shape index (κ2) is 6.75. The Morgan fingerprint density at radius 1 is 1.50 bits per heavy atom. The predicted octanol–water partition coefficient (Wildman–Crippen LogP) is 2.44. The SMILES string of the molecule is CCN(C(=O)CCNC1CC1)C(C)c1cccc(O)c1. The number of amides is 1. The van der Waals surface area contributed by atoms with E-state index in [1.54, 1.807) is 12.1 Å². The fourth-order valence-corrected chi connectivity index (χ4v) is 2.45. The molecule has 20 heavy (non-hydrogen) atoms. The van der Waals surface area contributed by atoms with Crippen molar-refractivity contribution >= 4 is 5.91 Å². The fraction of sp³-hybridized carbons (Fsp3) is 0.562. The second-order valence-electron chi connectivity index (χ2n) is 5.43. The lowest BCUT2D eigenvalue weighted by Gasteiger charge is -2.28. The van der Waals surface area contributed by atoms with Gasteiger partial charge < -0.3 is 15.3 Å². The molecule has 1 aliphatic rings. The summed E-state index contributed by atoms with van der Waals surface area (Å²) < 4.78 is 0. The van der Waals surface area contributed by atoms with Crippen molar-refractivity contribution in [1.29, 1.82) is 0 Å². The van der Waals surface area contributed by atoms with Crippen molar-refractivity contribution in [1.82, 2.24) is 10.2 Å². The first-order valence-corrected chi connectivity index (χ1v) is 7.43. The number of aromatic hydroxyl groups is 1. The van der Waals surface area contributed by atoms with Crippen LogP contribution in [0.25, 0.3) is 0 Å². The summed E-state index contributed by atoms with van der Waals surface area (Å²) in [7, 11) is 0. The molecular weight excluding hydrogens is 252 g/mol. The summed E-state index contributed by atoms with van der Waals surface area (Å²) >= 11 is 0. The van der Waals surface area contributed by atoms with Gasteiger partial charge in [-0.15, -0.1) is 0 Å². The molecule has 2 N–H and O–H groups in total. The van der Waals surface area contributed by atoms with Gasteiger partial charge in [-0.2, -0.15) is 0 Å². The highest BCUT2D eigenvalue weighted by Gasteiger charge is 2.22. The van der Waals surface area contributed by atoms with Gasteiger partial charge in [-0.1, -0.05) is 12.1 Å². The number of carbonyl (C=O) groups excluding carboxylic acids is 1. The number of rotatable bonds is 7. The molecule has 2 rings (SSSR count). The molecule has 0 radical (unpaired) electrons. The van der Waals surface area contributed by atoms with Gasteiger partial charge >= 0.3 is 0 Å². The van der Waals surface area contributed by atoms with Crippen molar-refractivity contribution < 1.29 is 9.90 Å². The van der Waals surface area contributed by atoms with E-state index in [1.165, 1.54) is 12.8 Å². The minimum absolute atomic E-state index is 0.0134. The average Bonchev–Trinajstić information content (AvgIpc) is 3.23. The molecule has 0 heterocycles. The summed E-state index contributed by atoms with van der Waals surface area (Å²) in [6, 6.07) is 7.76. The lowest BCUT2D eigenvalue weighted by atomic mass is 10.1. The average molecular weight is 276 g/mol. The quantitative estimate of drug-likeness (QED) is 0.804. The Bertz CT molecular complexity index is 458. The minimum atomic E-state index is -0.0134. The van der Waals surface area contributed by atoms with E-state index in [9.17, 15) is 9.90 Å². The van der Waals surface area contributed by atoms with Crippen LogP contribution < -0.4 is 5.32 Å². The van der Waals surface area contributed by atoms with Gasteiger partial charge in [-0.25, -0.2) is 0 Å². The van der Waals surface area contributed by atoms with Gasteiger partial charge in [0.15, 0.2) is 0 Å². The molecule has 1 aromatic rings. The highest BCUT2D eigenvalue weighted by atomic mass is 16.3. The Hall–Kier alpha value is -1.55. The molecule has 0 saturated heterocycles. The van der Waals surface area contributed by atoms with E-state index >= 15 is 0 Å². The fourth-order valence-electron chi connectivity index (χ4n) is 2.45. The molecule has 1 unspecified atom stereocenters. The van der Waals surface area contributed by atoms with Crippen LogP contribution in [-0.2, 0) is 4.79 Å². The van der Waals surface area contributed by atoms with E-state index in [1.807, 2.05) is 30.9 Å². The third-order valence-corrected chi connectivity index (χ3v) is 3.83. The van der Waals surface area contributed by atoms with Crippen molar-refractivity contribution in [2.24, 2.45) is 0 Å². The zero-order chi connectivity index (χ0) is 14.5. The van der Waals surface area contributed by atoms with Gasteiger partial charge in [0.1, 0.15) is 5.75 Å². The van der Waals surface area contributed by atoms with Gasteiger partial charge in [-0.3, -0.25) is 4.79 Å². The van der Waals surface area contributed by atoms with E-state index in [4.69, 9.17) is 0 Å². The zero-order valence-corrected chi connectivity index (χ0v) is 12.3. The standard InChI is InChI=1S/C16H24N2O2/c1-3-18(16(20)9-10-17-14-7-8-14)12(2)13-5-4-6-15(19)11-13/h4-6,11-12,14,17,19H,3,7-10H2,1-2H3. The van der Waals surface area contributed by atoms with Crippen LogP contribution in [0.2, 0.25) is 0 Å². The van der Waals surface area contributed by atoms with E-state index in [2.05, 4.69) is 5.32 Å². The van der Waals surface area contributed by atoms with Crippen LogP contribution in [0.5, 0.6) is 5.75 Å². The molecular formula is C16H24N2O2. The maximum Gasteiger partial charge on any atom is 0.224 e. The summed E-state index contributed by atoms with van der Waals surface area (Å²) in [4.78, 5) is 14.2. The van der Waals surface area contributed by atoms with Crippen LogP contribution in [0.3, 0.4) is 0 Å². The van der Waals surface area contributed by atoms with Gasteiger partial charge in [0.05, 0.1) is 6.04 Å².